The van der Waals surface area contributed by atoms with Gasteiger partial charge in [0, 0.05) is 50.6 Å². The van der Waals surface area contributed by atoms with Crippen molar-refractivity contribution < 1.29 is 14.3 Å². The lowest BCUT2D eigenvalue weighted by molar-refractivity contribution is -0.134. The maximum Gasteiger partial charge on any atom is 0.261 e. The van der Waals surface area contributed by atoms with Crippen molar-refractivity contribution in [3.8, 4) is 0 Å². The summed E-state index contributed by atoms with van der Waals surface area (Å²) in [6.07, 6.45) is 7.08. The number of rotatable bonds is 5. The van der Waals surface area contributed by atoms with Crippen molar-refractivity contribution in [3.63, 3.8) is 0 Å². The molecule has 0 aromatic carbocycles. The van der Waals surface area contributed by atoms with Gasteiger partial charge in [0.05, 0.1) is 30.3 Å². The number of likely N-dealkylation sites (N-methyl/N-ethyl adjacent to an activating group) is 1. The van der Waals surface area contributed by atoms with Gasteiger partial charge < -0.3 is 15.0 Å². The van der Waals surface area contributed by atoms with E-state index in [0.29, 0.717) is 24.4 Å². The van der Waals surface area contributed by atoms with Crippen molar-refractivity contribution in [2.24, 2.45) is 11.8 Å². The Kier molecular flexibility index (Phi) is 6.72. The molecule has 9 heteroatoms. The third kappa shape index (κ3) is 4.95. The molecule has 2 aromatic rings. The normalized spacial score (nSPS) is 29.5. The molecule has 0 spiro atoms. The van der Waals surface area contributed by atoms with Crippen molar-refractivity contribution in [1.29, 1.82) is 0 Å². The van der Waals surface area contributed by atoms with Crippen molar-refractivity contribution in [2.45, 2.75) is 51.1 Å². The van der Waals surface area contributed by atoms with E-state index in [1.165, 1.54) is 0 Å². The largest absolute Gasteiger partial charge is 0.381 e. The number of amides is 2. The van der Waals surface area contributed by atoms with E-state index in [1.54, 1.807) is 11.3 Å². The van der Waals surface area contributed by atoms with Crippen molar-refractivity contribution in [3.05, 3.63) is 17.1 Å². The van der Waals surface area contributed by atoms with Gasteiger partial charge in [0.2, 0.25) is 5.91 Å². The first-order chi connectivity index (χ1) is 16.0. The fourth-order valence-corrected chi connectivity index (χ4v) is 6.55. The van der Waals surface area contributed by atoms with E-state index in [9.17, 15) is 9.59 Å². The van der Waals surface area contributed by atoms with Crippen LogP contribution in [0.1, 0.15) is 54.7 Å². The number of hydrogen-bond acceptors (Lipinski definition) is 6. The molecule has 1 N–H and O–H groups in total. The number of carbonyl (C=O) groups is 2. The summed E-state index contributed by atoms with van der Waals surface area (Å²) >= 11 is 1.55. The number of carbonyl (C=O) groups excluding carboxylic acids is 2. The van der Waals surface area contributed by atoms with Crippen LogP contribution in [0.3, 0.4) is 0 Å². The molecule has 2 unspecified atom stereocenters. The van der Waals surface area contributed by atoms with Crippen LogP contribution in [0.5, 0.6) is 0 Å². The van der Waals surface area contributed by atoms with Gasteiger partial charge in [-0.2, -0.15) is 5.10 Å². The predicted molar refractivity (Wildman–Crippen MR) is 129 cm³/mol. The Morgan fingerprint density at radius 2 is 2.06 bits per heavy atom. The summed E-state index contributed by atoms with van der Waals surface area (Å²) in [6, 6.07) is 2.55. The van der Waals surface area contributed by atoms with Crippen LogP contribution in [0.2, 0.25) is 0 Å². The van der Waals surface area contributed by atoms with Crippen molar-refractivity contribution in [2.75, 3.05) is 46.4 Å². The van der Waals surface area contributed by atoms with Crippen LogP contribution in [0.4, 0.5) is 0 Å². The molecule has 0 bridgehead atoms. The molecular weight excluding hydrogens is 438 g/mol. The molecule has 0 radical (unpaired) electrons. The monoisotopic (exact) mass is 473 g/mol. The first-order valence-electron chi connectivity index (χ1n) is 12.3. The number of thiophene rings is 1. The average molecular weight is 474 g/mol. The van der Waals surface area contributed by atoms with E-state index in [4.69, 9.17) is 4.74 Å². The zero-order valence-electron chi connectivity index (χ0n) is 19.7. The Labute approximate surface area is 199 Å². The Bertz CT molecular complexity index is 996. The van der Waals surface area contributed by atoms with Gasteiger partial charge in [-0.1, -0.05) is 6.92 Å². The van der Waals surface area contributed by atoms with Gasteiger partial charge in [-0.15, -0.1) is 11.3 Å². The summed E-state index contributed by atoms with van der Waals surface area (Å²) in [4.78, 5) is 30.9. The number of hydrogen-bond donors (Lipinski definition) is 1. The molecule has 2 amide bonds. The Morgan fingerprint density at radius 1 is 1.24 bits per heavy atom. The lowest BCUT2D eigenvalue weighted by Gasteiger charge is -2.36. The molecule has 2 saturated heterocycles. The molecule has 3 fully saturated rings. The van der Waals surface area contributed by atoms with Crippen LogP contribution in [0.25, 0.3) is 10.2 Å². The highest BCUT2D eigenvalue weighted by atomic mass is 32.1. The smallest absolute Gasteiger partial charge is 0.261 e. The van der Waals surface area contributed by atoms with Gasteiger partial charge in [0.15, 0.2) is 0 Å². The van der Waals surface area contributed by atoms with E-state index in [1.807, 2.05) is 24.2 Å². The molecule has 33 heavy (non-hydrogen) atoms. The second-order valence-corrected chi connectivity index (χ2v) is 11.1. The minimum Gasteiger partial charge on any atom is -0.381 e. The number of aromatic nitrogens is 2. The van der Waals surface area contributed by atoms with Crippen LogP contribution < -0.4 is 5.32 Å². The number of nitrogens with one attached hydrogen (secondary N) is 1. The van der Waals surface area contributed by atoms with E-state index in [0.717, 1.165) is 80.0 Å². The number of ether oxygens (including phenoxy) is 1. The standard InChI is InChI=1S/C24H35N5O3S/c1-16-15-32-10-7-20(16)29-24-18(12-25-29)11-21(33-24)23(31)26-19-5-3-17(4-6-19)13-28-9-8-27(2)22(30)14-28/h11-12,16-17,19-20H,3-10,13-15H2,1-2H3,(H,26,31). The zero-order chi connectivity index (χ0) is 22.9. The molecule has 2 aliphatic heterocycles. The topological polar surface area (TPSA) is 79.7 Å². The molecule has 5 rings (SSSR count). The van der Waals surface area contributed by atoms with E-state index < -0.39 is 0 Å². The highest BCUT2D eigenvalue weighted by Crippen LogP contribution is 2.34. The summed E-state index contributed by atoms with van der Waals surface area (Å²) in [5.41, 5.74) is 0. The first-order valence-corrected chi connectivity index (χ1v) is 13.1. The van der Waals surface area contributed by atoms with Crippen LogP contribution in [-0.4, -0.2) is 83.9 Å². The van der Waals surface area contributed by atoms with Gasteiger partial charge in [-0.25, -0.2) is 0 Å². The third-order valence-electron chi connectivity index (χ3n) is 7.64. The highest BCUT2D eigenvalue weighted by Gasteiger charge is 2.29. The van der Waals surface area contributed by atoms with Gasteiger partial charge in [0.1, 0.15) is 4.83 Å². The van der Waals surface area contributed by atoms with Crippen LogP contribution in [0.15, 0.2) is 12.3 Å². The van der Waals surface area contributed by atoms with Gasteiger partial charge in [-0.3, -0.25) is 19.2 Å². The van der Waals surface area contributed by atoms with E-state index in [-0.39, 0.29) is 17.9 Å². The van der Waals surface area contributed by atoms with Gasteiger partial charge in [-0.05, 0) is 44.1 Å². The highest BCUT2D eigenvalue weighted by molar-refractivity contribution is 7.20. The van der Waals surface area contributed by atoms with Gasteiger partial charge >= 0.3 is 0 Å². The summed E-state index contributed by atoms with van der Waals surface area (Å²) in [6.45, 7) is 7.07. The molecule has 1 aliphatic carbocycles. The fraction of sp³-hybridized carbons (Fsp3) is 0.708. The molecule has 3 aliphatic rings. The lowest BCUT2D eigenvalue weighted by atomic mass is 9.85. The second-order valence-electron chi connectivity index (χ2n) is 10.1. The van der Waals surface area contributed by atoms with Crippen LogP contribution in [0, 0.1) is 11.8 Å². The predicted octanol–water partition coefficient (Wildman–Crippen LogP) is 2.76. The Morgan fingerprint density at radius 3 is 2.82 bits per heavy atom. The second kappa shape index (κ2) is 9.72. The number of nitrogens with zero attached hydrogens (tertiary/aromatic N) is 4. The average Bonchev–Trinajstić information content (AvgIpc) is 3.39. The molecular formula is C24H35N5O3S. The van der Waals surface area contributed by atoms with E-state index in [2.05, 4.69) is 26.9 Å². The minimum atomic E-state index is 0.0379. The SMILES string of the molecule is CC1COCCC1n1ncc2cc(C(=O)NC3CCC(CN4CCN(C)C(=O)C4)CC3)sc21. The summed E-state index contributed by atoms with van der Waals surface area (Å²) in [5, 5.41) is 8.95. The third-order valence-corrected chi connectivity index (χ3v) is 8.78. The van der Waals surface area contributed by atoms with E-state index >= 15 is 0 Å². The minimum absolute atomic E-state index is 0.0379. The molecule has 2 atom stereocenters. The summed E-state index contributed by atoms with van der Waals surface area (Å²) in [5.74, 6) is 1.29. The maximum absolute atomic E-state index is 13.0. The van der Waals surface area contributed by atoms with Gasteiger partial charge in [0.25, 0.3) is 5.91 Å². The molecule has 8 nitrogen and oxygen atoms in total. The quantitative estimate of drug-likeness (QED) is 0.722. The Hall–Kier alpha value is -1.97. The molecule has 2 aromatic heterocycles. The number of piperazine rings is 1. The van der Waals surface area contributed by atoms with Crippen molar-refractivity contribution in [1.82, 2.24) is 24.9 Å². The zero-order valence-corrected chi connectivity index (χ0v) is 20.5. The number of fused-ring (bicyclic) bond motifs is 1. The lowest BCUT2D eigenvalue weighted by Crippen LogP contribution is -2.50. The van der Waals surface area contributed by atoms with Crippen LogP contribution in [-0.2, 0) is 9.53 Å². The fourth-order valence-electron chi connectivity index (χ4n) is 5.50. The molecule has 180 valence electrons. The first kappa shape index (κ1) is 22.8. The Balaban J connectivity index is 1.14. The molecule has 1 saturated carbocycles. The van der Waals surface area contributed by atoms with Crippen LogP contribution >= 0.6 is 11.3 Å². The van der Waals surface area contributed by atoms with Crippen molar-refractivity contribution >= 4 is 33.4 Å². The summed E-state index contributed by atoms with van der Waals surface area (Å²) in [7, 11) is 1.88. The summed E-state index contributed by atoms with van der Waals surface area (Å²) < 4.78 is 7.70. The molecule has 4 heterocycles. The maximum atomic E-state index is 13.0.